The molecule has 64 heavy (non-hydrogen) atoms. The molecule has 8 aliphatic carbocycles. The molecule has 0 spiro atoms. The fourth-order valence-electron chi connectivity index (χ4n) is 14.2. The minimum atomic E-state index is -0.196. The zero-order valence-electron chi connectivity index (χ0n) is 38.4. The second kappa shape index (κ2) is 20.3. The van der Waals surface area contributed by atoms with Crippen LogP contribution in [0.25, 0.3) is 10.8 Å². The van der Waals surface area contributed by atoms with E-state index in [2.05, 4.69) is 43.3 Å². The van der Waals surface area contributed by atoms with Crippen molar-refractivity contribution in [1.29, 1.82) is 0 Å². The number of ether oxygens (including phenoxy) is 3. The number of Topliss-reactive ketones (excluding diaryl/α,β-unsaturated/α-hetero) is 1. The van der Waals surface area contributed by atoms with Gasteiger partial charge < -0.3 is 14.2 Å². The minimum Gasteiger partial charge on any atom is -0.481 e. The predicted molar refractivity (Wildman–Crippen MR) is 266 cm³/mol. The van der Waals surface area contributed by atoms with Crippen LogP contribution in [0.3, 0.4) is 0 Å². The first kappa shape index (κ1) is 45.2. The summed E-state index contributed by atoms with van der Waals surface area (Å²) >= 11 is 0. The summed E-state index contributed by atoms with van der Waals surface area (Å²) in [5, 5.41) is 2.41. The normalized spacial score (nSPS) is 33.7. The third-order valence-electron chi connectivity index (χ3n) is 17.0. The van der Waals surface area contributed by atoms with Crippen molar-refractivity contribution < 1.29 is 28.6 Å². The Morgan fingerprint density at radius 2 is 1.08 bits per heavy atom. The van der Waals surface area contributed by atoms with Crippen LogP contribution in [0.1, 0.15) is 120 Å². The van der Waals surface area contributed by atoms with Crippen LogP contribution in [0.5, 0.6) is 5.75 Å². The Morgan fingerprint density at radius 3 is 1.67 bits per heavy atom. The van der Waals surface area contributed by atoms with Crippen LogP contribution in [-0.4, -0.2) is 82.1 Å². The highest BCUT2D eigenvalue weighted by molar-refractivity contribution is 7.98. The van der Waals surface area contributed by atoms with Gasteiger partial charge in [0.05, 0.1) is 0 Å². The molecule has 3 saturated heterocycles. The van der Waals surface area contributed by atoms with Crippen LogP contribution in [0.2, 0.25) is 0 Å². The van der Waals surface area contributed by atoms with E-state index in [9.17, 15) is 14.4 Å². The number of hydrogen-bond acceptors (Lipinski definition) is 6. The van der Waals surface area contributed by atoms with E-state index in [-0.39, 0.29) is 30.3 Å². The number of ketones is 1. The zero-order chi connectivity index (χ0) is 43.6. The predicted octanol–water partition coefficient (Wildman–Crippen LogP) is 10.8. The van der Waals surface area contributed by atoms with E-state index in [0.29, 0.717) is 67.9 Å². The highest BCUT2D eigenvalue weighted by atomic mass is 32.2. The van der Waals surface area contributed by atoms with E-state index >= 15 is 0 Å². The molecule has 0 aromatic heterocycles. The molecule has 3 heterocycles. The van der Waals surface area contributed by atoms with E-state index in [1.807, 2.05) is 30.3 Å². The van der Waals surface area contributed by atoms with Crippen molar-refractivity contribution in [2.24, 2.45) is 47.3 Å². The van der Waals surface area contributed by atoms with Crippen molar-refractivity contribution in [2.75, 3.05) is 52.6 Å². The van der Waals surface area contributed by atoms with Gasteiger partial charge in [0, 0.05) is 27.2 Å². The molecule has 0 radical (unpaired) electrons. The molecule has 8 bridgehead atoms. The molecule has 6 nitrogen and oxygen atoms in total. The number of carbonyl (C=O) groups excluding carboxylic acids is 3. The Hall–Kier alpha value is -2.62. The van der Waals surface area contributed by atoms with Crippen LogP contribution in [-0.2, 0) is 51.7 Å². The number of benzene rings is 3. The maximum atomic E-state index is 12.7. The Kier molecular flexibility index (Phi) is 14.3. The summed E-state index contributed by atoms with van der Waals surface area (Å²) in [6.45, 7) is 2.27. The lowest BCUT2D eigenvalue weighted by atomic mass is 9.50. The van der Waals surface area contributed by atoms with E-state index in [1.165, 1.54) is 148 Å². The topological polar surface area (TPSA) is 78.9 Å². The van der Waals surface area contributed by atoms with Crippen molar-refractivity contribution in [3.63, 3.8) is 0 Å². The highest BCUT2D eigenvalue weighted by Gasteiger charge is 2.57. The van der Waals surface area contributed by atoms with E-state index in [0.717, 1.165) is 46.1 Å². The lowest BCUT2D eigenvalue weighted by Gasteiger charge is -2.58. The Bertz CT molecular complexity index is 2030. The van der Waals surface area contributed by atoms with Crippen LogP contribution in [0.15, 0.2) is 71.6 Å². The number of carbonyl (C=O) groups is 3. The molecule has 0 amide bonds. The van der Waals surface area contributed by atoms with Gasteiger partial charge in [-0.3, -0.25) is 4.79 Å². The van der Waals surface area contributed by atoms with Gasteiger partial charge in [0.2, 0.25) is 11.5 Å². The van der Waals surface area contributed by atoms with Crippen LogP contribution in [0.4, 0.5) is 0 Å². The summed E-state index contributed by atoms with van der Waals surface area (Å²) in [6, 6.07) is 22.5. The smallest absolute Gasteiger partial charge is 0.356 e. The van der Waals surface area contributed by atoms with Gasteiger partial charge in [-0.25, -0.2) is 9.59 Å². The Morgan fingerprint density at radius 1 is 0.562 bits per heavy atom. The molecule has 14 rings (SSSR count). The van der Waals surface area contributed by atoms with Gasteiger partial charge in [-0.05, 0) is 197 Å². The average molecular weight is 926 g/mol. The lowest BCUT2D eigenvalue weighted by Crippen LogP contribution is -2.58. The molecule has 0 N–H and O–H groups in total. The van der Waals surface area contributed by atoms with Crippen molar-refractivity contribution in [2.45, 2.75) is 126 Å². The van der Waals surface area contributed by atoms with Gasteiger partial charge in [-0.1, -0.05) is 48.5 Å². The van der Waals surface area contributed by atoms with Crippen LogP contribution >= 0.6 is 0 Å². The molecule has 11 aliphatic rings. The first-order valence-corrected chi connectivity index (χ1v) is 30.4. The molecular weight excluding hydrogens is 853 g/mol. The first-order valence-electron chi connectivity index (χ1n) is 25.3. The standard InChI is InChI=1S/C26H31O3S.C17H27O2S.C12H15OS/c27-25(29-26-19-12-17-11-18(14-19)15-20(26)13-17)16-28-23-7-8-24(30-9-3-4-10-30)22-6-2-1-5-21(22)23;1-17(19-16(18)11-20-4-2-3-5-20)14-7-12-6-13(9-14)10-15(17)8-12;13-12(10-14-8-4-5-9-14)11-6-2-1-3-7-11/h1-2,5-8,17-20,26H,3-4,9-16H2;12-15H,2-11H2,1H3;1-3,6-7H,4-5,8-10H2/q3*+1. The number of rotatable bonds is 11. The molecular formula is C55H73O6S3+3. The molecule has 0 unspecified atom stereocenters. The Labute approximate surface area is 391 Å². The van der Waals surface area contributed by atoms with Crippen molar-refractivity contribution >= 4 is 61.2 Å². The van der Waals surface area contributed by atoms with Gasteiger partial charge in [-0.2, -0.15) is 0 Å². The second-order valence-corrected chi connectivity index (χ2v) is 28.3. The van der Waals surface area contributed by atoms with Gasteiger partial charge in [-0.15, -0.1) is 0 Å². The van der Waals surface area contributed by atoms with Gasteiger partial charge in [0.1, 0.15) is 52.0 Å². The van der Waals surface area contributed by atoms with Crippen molar-refractivity contribution in [3.8, 4) is 5.75 Å². The maximum absolute atomic E-state index is 12.7. The second-order valence-electron chi connectivity index (χ2n) is 21.4. The van der Waals surface area contributed by atoms with Crippen LogP contribution in [0, 0.1) is 47.3 Å². The molecule has 3 aromatic carbocycles. The van der Waals surface area contributed by atoms with E-state index in [1.54, 1.807) is 0 Å². The summed E-state index contributed by atoms with van der Waals surface area (Å²) in [6.07, 6.45) is 21.3. The largest absolute Gasteiger partial charge is 0.481 e. The number of esters is 2. The van der Waals surface area contributed by atoms with Gasteiger partial charge in [0.15, 0.2) is 17.3 Å². The highest BCUT2D eigenvalue weighted by Crippen LogP contribution is 2.59. The summed E-state index contributed by atoms with van der Waals surface area (Å²) in [7, 11) is 1.09. The first-order chi connectivity index (χ1) is 31.2. The number of fused-ring (bicyclic) bond motifs is 1. The molecule has 3 aromatic rings. The van der Waals surface area contributed by atoms with Crippen LogP contribution < -0.4 is 4.74 Å². The fourth-order valence-corrected chi connectivity index (χ4v) is 21.1. The molecule has 8 saturated carbocycles. The molecule has 344 valence electrons. The summed E-state index contributed by atoms with van der Waals surface area (Å²) in [4.78, 5) is 38.3. The average Bonchev–Trinajstić information content (AvgIpc) is 4.13. The summed E-state index contributed by atoms with van der Waals surface area (Å²) in [5.41, 5.74) is 0.764. The van der Waals surface area contributed by atoms with Crippen molar-refractivity contribution in [1.82, 2.24) is 0 Å². The van der Waals surface area contributed by atoms with Gasteiger partial charge in [0.25, 0.3) is 0 Å². The number of hydrogen-bond donors (Lipinski definition) is 0. The Balaban J connectivity index is 0.000000123. The molecule has 0 atom stereocenters. The summed E-state index contributed by atoms with van der Waals surface area (Å²) in [5.74, 6) is 16.4. The maximum Gasteiger partial charge on any atom is 0.356 e. The third kappa shape index (κ3) is 10.3. The lowest BCUT2D eigenvalue weighted by molar-refractivity contribution is -0.200. The van der Waals surface area contributed by atoms with Gasteiger partial charge >= 0.3 is 11.9 Å². The summed E-state index contributed by atoms with van der Waals surface area (Å²) < 4.78 is 18.2. The van der Waals surface area contributed by atoms with E-state index < -0.39 is 0 Å². The fraction of sp³-hybridized carbons (Fsp3) is 0.655. The minimum absolute atomic E-state index is 0.0118. The molecule has 9 heteroatoms. The molecule has 11 fully saturated rings. The third-order valence-corrected chi connectivity index (χ3v) is 24.3. The zero-order valence-corrected chi connectivity index (χ0v) is 40.8. The quantitative estimate of drug-likeness (QED) is 0.108. The van der Waals surface area contributed by atoms with E-state index in [4.69, 9.17) is 14.2 Å². The van der Waals surface area contributed by atoms with Crippen molar-refractivity contribution in [3.05, 3.63) is 72.3 Å². The SMILES string of the molecule is CC1(OC(=O)C[S+]2CCCC2)C2CC3CC(C2)CC1C3.O=C(COc1ccc([S+]2CCCC2)c2ccccc12)OC1C2CC3CC(C2)CC1C3.O=C(C[S+]1CCCC1)c1ccccc1. The molecule has 3 aliphatic heterocycles. The monoisotopic (exact) mass is 925 g/mol.